The lowest BCUT2D eigenvalue weighted by Crippen LogP contribution is -2.22. The van der Waals surface area contributed by atoms with Gasteiger partial charge in [0.1, 0.15) is 0 Å². The summed E-state index contributed by atoms with van der Waals surface area (Å²) in [5.41, 5.74) is 2.06. The zero-order chi connectivity index (χ0) is 17.4. The van der Waals surface area contributed by atoms with Gasteiger partial charge in [-0.25, -0.2) is 0 Å². The summed E-state index contributed by atoms with van der Waals surface area (Å²) in [6.07, 6.45) is 0.984. The molecule has 0 fully saturated rings. The number of anilines is 2. The smallest absolute Gasteiger partial charge is 0.237 e. The van der Waals surface area contributed by atoms with Crippen LogP contribution in [0.3, 0.4) is 0 Å². The number of hydrogen-bond acceptors (Lipinski definition) is 7. The summed E-state index contributed by atoms with van der Waals surface area (Å²) in [4.78, 5) is 12.3. The number of aromatic nitrogens is 2. The first-order valence-corrected chi connectivity index (χ1v) is 9.44. The Hall–Kier alpha value is -1.64. The van der Waals surface area contributed by atoms with Crippen LogP contribution in [0.5, 0.6) is 0 Å². The Balaban J connectivity index is 1.84. The standard InChI is InChI=1S/C16H22N4O2S2/c1-4-12-5-7-13(8-6-12)18-14(21)11(2)23-16-20-19-15(24-16)17-9-10-22-3/h5-8,11H,4,9-10H2,1-3H3,(H,17,19)(H,18,21)/t11-/m1/s1. The van der Waals surface area contributed by atoms with Crippen LogP contribution in [0.2, 0.25) is 0 Å². The summed E-state index contributed by atoms with van der Waals surface area (Å²) >= 11 is 2.83. The predicted molar refractivity (Wildman–Crippen MR) is 100 cm³/mol. The van der Waals surface area contributed by atoms with Crippen LogP contribution in [0.15, 0.2) is 28.6 Å². The van der Waals surface area contributed by atoms with Crippen LogP contribution < -0.4 is 10.6 Å². The van der Waals surface area contributed by atoms with Crippen LogP contribution in [0.4, 0.5) is 10.8 Å². The molecule has 1 atom stereocenters. The van der Waals surface area contributed by atoms with Gasteiger partial charge in [0.05, 0.1) is 11.9 Å². The van der Waals surface area contributed by atoms with Crippen molar-refractivity contribution in [1.82, 2.24) is 10.2 Å². The minimum absolute atomic E-state index is 0.0478. The Morgan fingerprint density at radius 1 is 1.33 bits per heavy atom. The lowest BCUT2D eigenvalue weighted by Gasteiger charge is -2.10. The fourth-order valence-electron chi connectivity index (χ4n) is 1.86. The molecule has 0 saturated heterocycles. The van der Waals surface area contributed by atoms with Crippen molar-refractivity contribution in [2.24, 2.45) is 0 Å². The van der Waals surface area contributed by atoms with Gasteiger partial charge in [-0.1, -0.05) is 42.2 Å². The fourth-order valence-corrected chi connectivity index (χ4v) is 3.78. The topological polar surface area (TPSA) is 76.1 Å². The van der Waals surface area contributed by atoms with Gasteiger partial charge in [-0.15, -0.1) is 10.2 Å². The molecule has 130 valence electrons. The molecule has 0 radical (unpaired) electrons. The Bertz CT molecular complexity index is 646. The highest BCUT2D eigenvalue weighted by molar-refractivity contribution is 8.02. The molecule has 0 aliphatic heterocycles. The average molecular weight is 367 g/mol. The summed E-state index contributed by atoms with van der Waals surface area (Å²) in [5, 5.41) is 14.7. The van der Waals surface area contributed by atoms with E-state index in [1.807, 2.05) is 31.2 Å². The number of nitrogens with zero attached hydrogens (tertiary/aromatic N) is 2. The molecule has 0 aliphatic rings. The highest BCUT2D eigenvalue weighted by atomic mass is 32.2. The van der Waals surface area contributed by atoms with Gasteiger partial charge in [-0.2, -0.15) is 0 Å². The number of hydrogen-bond donors (Lipinski definition) is 2. The first-order chi connectivity index (χ1) is 11.6. The zero-order valence-electron chi connectivity index (χ0n) is 14.0. The molecule has 0 unspecified atom stereocenters. The summed E-state index contributed by atoms with van der Waals surface area (Å²) in [6, 6.07) is 7.90. The summed E-state index contributed by atoms with van der Waals surface area (Å²) < 4.78 is 5.74. The third kappa shape index (κ3) is 5.77. The average Bonchev–Trinajstić information content (AvgIpc) is 3.03. The molecule has 24 heavy (non-hydrogen) atoms. The molecule has 1 amide bonds. The summed E-state index contributed by atoms with van der Waals surface area (Å²) in [6.45, 7) is 5.25. The number of methoxy groups -OCH3 is 1. The Morgan fingerprint density at radius 3 is 2.75 bits per heavy atom. The number of carbonyl (C=O) groups excluding carboxylic acids is 1. The van der Waals surface area contributed by atoms with Crippen molar-refractivity contribution in [1.29, 1.82) is 0 Å². The molecule has 2 aromatic rings. The van der Waals surface area contributed by atoms with E-state index in [1.165, 1.54) is 28.7 Å². The highest BCUT2D eigenvalue weighted by Crippen LogP contribution is 2.29. The summed E-state index contributed by atoms with van der Waals surface area (Å²) in [7, 11) is 1.65. The third-order valence-corrected chi connectivity index (χ3v) is 5.33. The number of thioether (sulfide) groups is 1. The maximum absolute atomic E-state index is 12.3. The third-order valence-electron chi connectivity index (χ3n) is 3.27. The van der Waals surface area contributed by atoms with E-state index in [2.05, 4.69) is 27.8 Å². The van der Waals surface area contributed by atoms with E-state index in [-0.39, 0.29) is 11.2 Å². The molecular weight excluding hydrogens is 344 g/mol. The van der Waals surface area contributed by atoms with Gasteiger partial charge in [0.2, 0.25) is 11.0 Å². The molecule has 0 spiro atoms. The van der Waals surface area contributed by atoms with Crippen molar-refractivity contribution in [2.75, 3.05) is 30.9 Å². The molecule has 1 heterocycles. The minimum Gasteiger partial charge on any atom is -0.383 e. The largest absolute Gasteiger partial charge is 0.383 e. The number of carbonyl (C=O) groups is 1. The van der Waals surface area contributed by atoms with Crippen LogP contribution in [0.25, 0.3) is 0 Å². The Morgan fingerprint density at radius 2 is 2.08 bits per heavy atom. The molecule has 1 aromatic heterocycles. The van der Waals surface area contributed by atoms with Crippen LogP contribution in [0, 0.1) is 0 Å². The van der Waals surface area contributed by atoms with E-state index in [0.29, 0.717) is 13.2 Å². The first-order valence-electron chi connectivity index (χ1n) is 7.75. The lowest BCUT2D eigenvalue weighted by atomic mass is 10.1. The first kappa shape index (κ1) is 18.7. The van der Waals surface area contributed by atoms with Gasteiger partial charge in [0.25, 0.3) is 0 Å². The molecule has 0 saturated carbocycles. The van der Waals surface area contributed by atoms with Crippen molar-refractivity contribution in [3.63, 3.8) is 0 Å². The monoisotopic (exact) mass is 366 g/mol. The van der Waals surface area contributed by atoms with Crippen LogP contribution >= 0.6 is 23.1 Å². The Labute approximate surface area is 150 Å². The van der Waals surface area contributed by atoms with Gasteiger partial charge in [0.15, 0.2) is 4.34 Å². The van der Waals surface area contributed by atoms with E-state index < -0.39 is 0 Å². The van der Waals surface area contributed by atoms with E-state index in [4.69, 9.17) is 4.74 Å². The van der Waals surface area contributed by atoms with E-state index in [1.54, 1.807) is 7.11 Å². The van der Waals surface area contributed by atoms with Crippen molar-refractivity contribution in [3.05, 3.63) is 29.8 Å². The second kappa shape index (κ2) is 9.61. The van der Waals surface area contributed by atoms with Crippen LogP contribution in [0.1, 0.15) is 19.4 Å². The fraction of sp³-hybridized carbons (Fsp3) is 0.438. The number of amides is 1. The molecular formula is C16H22N4O2S2. The van der Waals surface area contributed by atoms with Crippen molar-refractivity contribution >= 4 is 39.8 Å². The SMILES string of the molecule is CCc1ccc(NC(=O)[C@@H](C)Sc2nnc(NCCOC)s2)cc1. The quantitative estimate of drug-likeness (QED) is 0.524. The minimum atomic E-state index is -0.254. The second-order valence-electron chi connectivity index (χ2n) is 5.09. The number of aryl methyl sites for hydroxylation is 1. The maximum Gasteiger partial charge on any atom is 0.237 e. The lowest BCUT2D eigenvalue weighted by molar-refractivity contribution is -0.115. The number of benzene rings is 1. The van der Waals surface area contributed by atoms with E-state index >= 15 is 0 Å². The molecule has 2 N–H and O–H groups in total. The maximum atomic E-state index is 12.3. The van der Waals surface area contributed by atoms with Gasteiger partial charge >= 0.3 is 0 Å². The molecule has 8 heteroatoms. The molecule has 0 aliphatic carbocycles. The van der Waals surface area contributed by atoms with Crippen LogP contribution in [-0.2, 0) is 16.0 Å². The normalized spacial score (nSPS) is 12.0. The van der Waals surface area contributed by atoms with E-state index in [9.17, 15) is 4.79 Å². The molecule has 6 nitrogen and oxygen atoms in total. The molecule has 2 rings (SSSR count). The van der Waals surface area contributed by atoms with Gasteiger partial charge in [-0.3, -0.25) is 4.79 Å². The number of nitrogens with one attached hydrogen (secondary N) is 2. The predicted octanol–water partition coefficient (Wildman–Crippen LogP) is 3.28. The molecule has 0 bridgehead atoms. The van der Waals surface area contributed by atoms with Gasteiger partial charge in [-0.05, 0) is 31.0 Å². The number of ether oxygens (including phenoxy) is 1. The van der Waals surface area contributed by atoms with E-state index in [0.717, 1.165) is 21.6 Å². The second-order valence-corrected chi connectivity index (χ2v) is 7.66. The van der Waals surface area contributed by atoms with Crippen molar-refractivity contribution in [2.45, 2.75) is 29.9 Å². The molecule has 1 aromatic carbocycles. The van der Waals surface area contributed by atoms with Gasteiger partial charge in [0, 0.05) is 19.3 Å². The Kier molecular flexibility index (Phi) is 7.48. The van der Waals surface area contributed by atoms with Crippen molar-refractivity contribution in [3.8, 4) is 0 Å². The number of rotatable bonds is 9. The summed E-state index contributed by atoms with van der Waals surface area (Å²) in [5.74, 6) is -0.0478. The van der Waals surface area contributed by atoms with Gasteiger partial charge < -0.3 is 15.4 Å². The van der Waals surface area contributed by atoms with Crippen molar-refractivity contribution < 1.29 is 9.53 Å². The van der Waals surface area contributed by atoms with Crippen LogP contribution in [-0.4, -0.2) is 41.6 Å². The zero-order valence-corrected chi connectivity index (χ0v) is 15.7. The highest BCUT2D eigenvalue weighted by Gasteiger charge is 2.17.